The van der Waals surface area contributed by atoms with Crippen LogP contribution in [0.1, 0.15) is 35.7 Å². The molecule has 6 rings (SSSR count). The van der Waals surface area contributed by atoms with E-state index in [0.29, 0.717) is 12.5 Å². The second-order valence-corrected chi connectivity index (χ2v) is 9.67. The summed E-state index contributed by atoms with van der Waals surface area (Å²) in [6.07, 6.45) is 7.93. The van der Waals surface area contributed by atoms with Gasteiger partial charge in [0.1, 0.15) is 13.7 Å². The maximum atomic E-state index is 5.08. The van der Waals surface area contributed by atoms with Crippen molar-refractivity contribution in [1.29, 1.82) is 0 Å². The fraction of sp³-hybridized carbons (Fsp3) is 0.296. The van der Waals surface area contributed by atoms with Crippen LogP contribution in [0.5, 0.6) is 0 Å². The molecule has 7 nitrogen and oxygen atoms in total. The lowest BCUT2D eigenvalue weighted by atomic mass is 9.93. The van der Waals surface area contributed by atoms with Crippen molar-refractivity contribution in [3.05, 3.63) is 84.1 Å². The molecule has 1 aliphatic heterocycles. The van der Waals surface area contributed by atoms with Gasteiger partial charge >= 0.3 is 0 Å². The monoisotopic (exact) mass is 463 g/mol. The number of fused-ring (bicyclic) bond motifs is 2. The first-order chi connectivity index (χ1) is 17.2. The van der Waals surface area contributed by atoms with E-state index in [1.807, 2.05) is 23.0 Å². The van der Waals surface area contributed by atoms with Gasteiger partial charge in [0.15, 0.2) is 5.65 Å². The number of aromatic nitrogens is 5. The Kier molecular flexibility index (Phi) is 5.74. The summed E-state index contributed by atoms with van der Waals surface area (Å²) < 4.78 is 4.25. The van der Waals surface area contributed by atoms with Crippen LogP contribution in [0.3, 0.4) is 0 Å². The average molecular weight is 463 g/mol. The second kappa shape index (κ2) is 9.19. The molecule has 1 fully saturated rings. The van der Waals surface area contributed by atoms with Gasteiger partial charge in [-0.2, -0.15) is 9.61 Å². The summed E-state index contributed by atoms with van der Waals surface area (Å²) in [6, 6.07) is 17.2. The zero-order valence-corrected chi connectivity index (χ0v) is 20.4. The van der Waals surface area contributed by atoms with Gasteiger partial charge in [-0.25, -0.2) is 4.98 Å². The van der Waals surface area contributed by atoms with E-state index >= 15 is 0 Å². The van der Waals surface area contributed by atoms with E-state index in [4.69, 9.17) is 4.98 Å². The zero-order chi connectivity index (χ0) is 23.8. The molecule has 1 saturated heterocycles. The van der Waals surface area contributed by atoms with E-state index < -0.39 is 0 Å². The van der Waals surface area contributed by atoms with E-state index in [1.165, 1.54) is 23.0 Å². The molecule has 176 valence electrons. The molecule has 0 spiro atoms. The summed E-state index contributed by atoms with van der Waals surface area (Å²) in [6.45, 7) is 3.79. The van der Waals surface area contributed by atoms with Crippen LogP contribution in [-0.4, -0.2) is 50.0 Å². The third-order valence-corrected chi connectivity index (χ3v) is 7.22. The fourth-order valence-electron chi connectivity index (χ4n) is 5.29. The molecule has 5 heterocycles. The van der Waals surface area contributed by atoms with Gasteiger partial charge in [0.05, 0.1) is 5.69 Å². The van der Waals surface area contributed by atoms with Crippen LogP contribution < -0.4 is 10.8 Å². The van der Waals surface area contributed by atoms with Gasteiger partial charge in [-0.3, -0.25) is 9.88 Å². The van der Waals surface area contributed by atoms with E-state index in [2.05, 4.69) is 82.2 Å². The summed E-state index contributed by atoms with van der Waals surface area (Å²) in [5.74, 6) is 1.38. The summed E-state index contributed by atoms with van der Waals surface area (Å²) in [4.78, 5) is 11.9. The molecule has 5 aromatic rings. The molecular weight excluding hydrogens is 433 g/mol. The van der Waals surface area contributed by atoms with Crippen molar-refractivity contribution < 1.29 is 0 Å². The molecule has 1 aliphatic rings. The molecule has 1 N–H and O–H groups in total. The molecule has 0 aliphatic carbocycles. The Morgan fingerprint density at radius 3 is 2.89 bits per heavy atom. The molecule has 1 aromatic carbocycles. The molecule has 0 amide bonds. The quantitative estimate of drug-likeness (QED) is 0.393. The van der Waals surface area contributed by atoms with Crippen molar-refractivity contribution in [3.8, 4) is 0 Å². The Bertz CT molecular complexity index is 1470. The lowest BCUT2D eigenvalue weighted by Crippen LogP contribution is -2.34. The highest BCUT2D eigenvalue weighted by Gasteiger charge is 2.25. The number of hydrogen-bond donors (Lipinski definition) is 1. The van der Waals surface area contributed by atoms with Gasteiger partial charge in [-0.1, -0.05) is 24.3 Å². The Morgan fingerprint density at radius 2 is 2.03 bits per heavy atom. The van der Waals surface area contributed by atoms with Crippen molar-refractivity contribution in [1.82, 2.24) is 29.0 Å². The normalized spacial score (nSPS) is 16.8. The predicted molar refractivity (Wildman–Crippen MR) is 143 cm³/mol. The molecule has 0 bridgehead atoms. The second-order valence-electron chi connectivity index (χ2n) is 9.67. The van der Waals surface area contributed by atoms with E-state index in [-0.39, 0.29) is 0 Å². The minimum absolute atomic E-state index is 0.400. The zero-order valence-electron chi connectivity index (χ0n) is 20.4. The minimum atomic E-state index is 0.400. The number of hydrogen-bond acceptors (Lipinski definition) is 5. The first kappa shape index (κ1) is 21.9. The lowest BCUT2D eigenvalue weighted by molar-refractivity contribution is 0.195. The maximum Gasteiger partial charge on any atom is 0.151 e. The highest BCUT2D eigenvalue weighted by molar-refractivity contribution is 6.36. The molecule has 0 radical (unpaired) electrons. The largest absolute Gasteiger partial charge is 0.366 e. The highest BCUT2D eigenvalue weighted by atomic mass is 15.3. The number of para-hydroxylation sites is 1. The fourth-order valence-corrected chi connectivity index (χ4v) is 5.29. The van der Waals surface area contributed by atoms with Gasteiger partial charge in [-0.15, -0.1) is 0 Å². The van der Waals surface area contributed by atoms with Crippen molar-refractivity contribution >= 4 is 35.7 Å². The summed E-state index contributed by atoms with van der Waals surface area (Å²) in [5.41, 5.74) is 6.98. The lowest BCUT2D eigenvalue weighted by Gasteiger charge is -2.32. The number of nitrogens with zero attached hydrogens (tertiary/aromatic N) is 6. The van der Waals surface area contributed by atoms with Crippen LogP contribution in [0.15, 0.2) is 67.1 Å². The number of piperidine rings is 1. The molecule has 1 atom stereocenters. The number of benzene rings is 1. The first-order valence-corrected chi connectivity index (χ1v) is 12.4. The van der Waals surface area contributed by atoms with Gasteiger partial charge in [-0.05, 0) is 54.0 Å². The third kappa shape index (κ3) is 4.30. The van der Waals surface area contributed by atoms with E-state index in [9.17, 15) is 0 Å². The highest BCUT2D eigenvalue weighted by Crippen LogP contribution is 2.29. The number of aryl methyl sites for hydroxylation is 1. The Hall–Kier alpha value is -3.65. The Labute approximate surface area is 206 Å². The van der Waals surface area contributed by atoms with Crippen molar-refractivity contribution in [2.24, 2.45) is 7.05 Å². The van der Waals surface area contributed by atoms with Gasteiger partial charge in [0.25, 0.3) is 0 Å². The van der Waals surface area contributed by atoms with Crippen LogP contribution in [0.25, 0.3) is 16.6 Å². The van der Waals surface area contributed by atoms with Crippen LogP contribution in [0.4, 0.5) is 5.82 Å². The number of likely N-dealkylation sites (tertiary alicyclic amines) is 1. The number of pyridine rings is 1. The summed E-state index contributed by atoms with van der Waals surface area (Å²) in [5, 5.41) is 9.47. The van der Waals surface area contributed by atoms with E-state index in [0.717, 1.165) is 54.2 Å². The van der Waals surface area contributed by atoms with Crippen molar-refractivity contribution in [2.75, 3.05) is 18.4 Å². The molecule has 8 heteroatoms. The molecular formula is C27H30BN7. The molecule has 0 saturated carbocycles. The van der Waals surface area contributed by atoms with Crippen LogP contribution in [0, 0.1) is 0 Å². The third-order valence-electron chi connectivity index (χ3n) is 7.22. The maximum absolute atomic E-state index is 5.08. The van der Waals surface area contributed by atoms with Crippen LogP contribution in [0.2, 0.25) is 0 Å². The van der Waals surface area contributed by atoms with Crippen molar-refractivity contribution in [2.45, 2.75) is 31.8 Å². The Morgan fingerprint density at radius 1 is 1.11 bits per heavy atom. The standard InChI is InChI=1S/C27H30BN7/c1-33-22(12-20-7-2-3-9-25(20)33)18-34-11-5-8-21(17-34)24-13-26(30-15-19-6-4-10-29-14-19)35-27(32-24)23(28)16-31-35/h2-4,6-7,9-10,12-14,16,21,30H,5,8,11,15,17-18,28H2,1H3. The predicted octanol–water partition coefficient (Wildman–Crippen LogP) is 2.87. The first-order valence-electron chi connectivity index (χ1n) is 12.4. The Balaban J connectivity index is 1.25. The molecule has 4 aromatic heterocycles. The van der Waals surface area contributed by atoms with Crippen molar-refractivity contribution in [3.63, 3.8) is 0 Å². The number of rotatable bonds is 6. The van der Waals surface area contributed by atoms with Crippen LogP contribution in [-0.2, 0) is 20.1 Å². The van der Waals surface area contributed by atoms with Gasteiger partial charge in [0.2, 0.25) is 0 Å². The summed E-state index contributed by atoms with van der Waals surface area (Å²) >= 11 is 0. The molecule has 35 heavy (non-hydrogen) atoms. The molecule has 1 unspecified atom stereocenters. The SMILES string of the molecule is Bc1cnn2c(NCc3cccnc3)cc(C3CCCN(Cc4cc5ccccc5n4C)C3)nc12. The minimum Gasteiger partial charge on any atom is -0.366 e. The number of nitrogens with one attached hydrogen (secondary N) is 1. The van der Waals surface area contributed by atoms with E-state index in [1.54, 1.807) is 6.20 Å². The smallest absolute Gasteiger partial charge is 0.151 e. The van der Waals surface area contributed by atoms with Gasteiger partial charge < -0.3 is 9.88 Å². The summed E-state index contributed by atoms with van der Waals surface area (Å²) in [7, 11) is 4.26. The topological polar surface area (TPSA) is 63.3 Å². The van der Waals surface area contributed by atoms with Crippen LogP contribution >= 0.6 is 0 Å². The van der Waals surface area contributed by atoms with Gasteiger partial charge in [0, 0.05) is 68.5 Å². The average Bonchev–Trinajstić information content (AvgIpc) is 3.43. The number of anilines is 1.